The molecule has 19 heavy (non-hydrogen) atoms. The van der Waals surface area contributed by atoms with Crippen LogP contribution in [0.25, 0.3) is 0 Å². The first-order chi connectivity index (χ1) is 9.15. The number of hydrogen-bond donors (Lipinski definition) is 1. The van der Waals surface area contributed by atoms with Crippen molar-refractivity contribution in [1.82, 2.24) is 15.2 Å². The Morgan fingerprint density at radius 1 is 1.26 bits per heavy atom. The van der Waals surface area contributed by atoms with Gasteiger partial charge in [0.05, 0.1) is 10.7 Å². The summed E-state index contributed by atoms with van der Waals surface area (Å²) in [4.78, 5) is 6.70. The SMILES string of the molecule is Cc1nc(CN[C@@H](CN(C)C)c2ccccc2)cs1. The molecule has 102 valence electrons. The first-order valence-electron chi connectivity index (χ1n) is 6.49. The van der Waals surface area contributed by atoms with Gasteiger partial charge in [-0.3, -0.25) is 0 Å². The predicted molar refractivity (Wildman–Crippen MR) is 81.4 cm³/mol. The van der Waals surface area contributed by atoms with E-state index in [0.29, 0.717) is 6.04 Å². The standard InChI is InChI=1S/C15H21N3S/c1-12-17-14(11-19-12)9-16-15(10-18(2)3)13-7-5-4-6-8-13/h4-8,11,15-16H,9-10H2,1-3H3/t15-/m0/s1. The summed E-state index contributed by atoms with van der Waals surface area (Å²) in [7, 11) is 4.20. The van der Waals surface area contributed by atoms with E-state index >= 15 is 0 Å². The number of likely N-dealkylation sites (N-methyl/N-ethyl adjacent to an activating group) is 1. The molecule has 0 unspecified atom stereocenters. The van der Waals surface area contributed by atoms with Crippen LogP contribution < -0.4 is 5.32 Å². The molecule has 1 heterocycles. The molecule has 1 N–H and O–H groups in total. The summed E-state index contributed by atoms with van der Waals surface area (Å²) >= 11 is 1.70. The Kier molecular flexibility index (Phi) is 5.07. The van der Waals surface area contributed by atoms with Crippen molar-refractivity contribution in [3.63, 3.8) is 0 Å². The molecule has 1 aromatic heterocycles. The number of hydrogen-bond acceptors (Lipinski definition) is 4. The fourth-order valence-corrected chi connectivity index (χ4v) is 2.67. The highest BCUT2D eigenvalue weighted by Crippen LogP contribution is 2.15. The van der Waals surface area contributed by atoms with Crippen molar-refractivity contribution in [2.75, 3.05) is 20.6 Å². The Morgan fingerprint density at radius 2 is 2.00 bits per heavy atom. The van der Waals surface area contributed by atoms with Crippen molar-refractivity contribution >= 4 is 11.3 Å². The third-order valence-corrected chi connectivity index (χ3v) is 3.77. The number of aromatic nitrogens is 1. The minimum Gasteiger partial charge on any atom is -0.308 e. The third kappa shape index (κ3) is 4.42. The Bertz CT molecular complexity index is 493. The fourth-order valence-electron chi connectivity index (χ4n) is 2.06. The molecule has 2 rings (SSSR count). The largest absolute Gasteiger partial charge is 0.308 e. The zero-order chi connectivity index (χ0) is 13.7. The van der Waals surface area contributed by atoms with Gasteiger partial charge in [0.15, 0.2) is 0 Å². The Balaban J connectivity index is 2.02. The van der Waals surface area contributed by atoms with Crippen LogP contribution in [0.1, 0.15) is 22.3 Å². The molecule has 0 bridgehead atoms. The van der Waals surface area contributed by atoms with E-state index in [1.807, 2.05) is 6.92 Å². The van der Waals surface area contributed by atoms with Gasteiger partial charge < -0.3 is 10.2 Å². The number of thiazole rings is 1. The molecule has 0 saturated carbocycles. The number of rotatable bonds is 6. The van der Waals surface area contributed by atoms with Crippen molar-refractivity contribution in [2.24, 2.45) is 0 Å². The topological polar surface area (TPSA) is 28.2 Å². The molecular weight excluding hydrogens is 254 g/mol. The van der Waals surface area contributed by atoms with Crippen molar-refractivity contribution in [3.05, 3.63) is 52.0 Å². The van der Waals surface area contributed by atoms with Crippen LogP contribution in [-0.2, 0) is 6.54 Å². The van der Waals surface area contributed by atoms with Crippen LogP contribution in [-0.4, -0.2) is 30.5 Å². The van der Waals surface area contributed by atoms with E-state index < -0.39 is 0 Å². The lowest BCUT2D eigenvalue weighted by Crippen LogP contribution is -2.31. The van der Waals surface area contributed by atoms with E-state index in [0.717, 1.165) is 23.8 Å². The molecule has 0 aliphatic carbocycles. The lowest BCUT2D eigenvalue weighted by atomic mass is 10.1. The Morgan fingerprint density at radius 3 is 2.58 bits per heavy atom. The average molecular weight is 275 g/mol. The van der Waals surface area contributed by atoms with Crippen molar-refractivity contribution in [1.29, 1.82) is 0 Å². The van der Waals surface area contributed by atoms with E-state index in [9.17, 15) is 0 Å². The van der Waals surface area contributed by atoms with Gasteiger partial charge in [-0.25, -0.2) is 4.98 Å². The highest BCUT2D eigenvalue weighted by molar-refractivity contribution is 7.09. The van der Waals surface area contributed by atoms with Gasteiger partial charge in [0.1, 0.15) is 0 Å². The fraction of sp³-hybridized carbons (Fsp3) is 0.400. The molecule has 2 aromatic rings. The van der Waals surface area contributed by atoms with Gasteiger partial charge in [0, 0.05) is 24.5 Å². The molecule has 0 fully saturated rings. The van der Waals surface area contributed by atoms with E-state index in [2.05, 4.69) is 65.0 Å². The second-order valence-electron chi connectivity index (χ2n) is 4.96. The summed E-state index contributed by atoms with van der Waals surface area (Å²) in [5, 5.41) is 6.85. The summed E-state index contributed by atoms with van der Waals surface area (Å²) in [5.41, 5.74) is 2.45. The smallest absolute Gasteiger partial charge is 0.0897 e. The third-order valence-electron chi connectivity index (χ3n) is 2.95. The van der Waals surface area contributed by atoms with Gasteiger partial charge in [0.25, 0.3) is 0 Å². The zero-order valence-corrected chi connectivity index (χ0v) is 12.6. The lowest BCUT2D eigenvalue weighted by molar-refractivity contribution is 0.340. The van der Waals surface area contributed by atoms with Crippen LogP contribution in [0.2, 0.25) is 0 Å². The summed E-state index contributed by atoms with van der Waals surface area (Å²) in [6, 6.07) is 10.9. The van der Waals surface area contributed by atoms with E-state index in [1.165, 1.54) is 5.56 Å². The first-order valence-corrected chi connectivity index (χ1v) is 7.37. The summed E-state index contributed by atoms with van der Waals surface area (Å²) in [6.45, 7) is 3.84. The highest BCUT2D eigenvalue weighted by atomic mass is 32.1. The van der Waals surface area contributed by atoms with Gasteiger partial charge in [0.2, 0.25) is 0 Å². The van der Waals surface area contributed by atoms with Crippen LogP contribution in [0, 0.1) is 6.92 Å². The summed E-state index contributed by atoms with van der Waals surface area (Å²) in [5.74, 6) is 0. The molecule has 0 saturated heterocycles. The van der Waals surface area contributed by atoms with E-state index in [4.69, 9.17) is 0 Å². The van der Waals surface area contributed by atoms with E-state index in [1.54, 1.807) is 11.3 Å². The molecule has 1 atom stereocenters. The minimum absolute atomic E-state index is 0.332. The number of aryl methyl sites for hydroxylation is 1. The molecule has 0 amide bonds. The maximum absolute atomic E-state index is 4.50. The van der Waals surface area contributed by atoms with Gasteiger partial charge in [-0.1, -0.05) is 30.3 Å². The molecule has 0 spiro atoms. The van der Waals surface area contributed by atoms with Gasteiger partial charge in [-0.05, 0) is 26.6 Å². The molecule has 0 aliphatic rings. The second-order valence-corrected chi connectivity index (χ2v) is 6.03. The van der Waals surface area contributed by atoms with Crippen molar-refractivity contribution < 1.29 is 0 Å². The first kappa shape index (κ1) is 14.2. The van der Waals surface area contributed by atoms with Crippen LogP contribution >= 0.6 is 11.3 Å². The molecule has 3 nitrogen and oxygen atoms in total. The average Bonchev–Trinajstić information content (AvgIpc) is 2.81. The maximum Gasteiger partial charge on any atom is 0.0897 e. The number of nitrogens with zero attached hydrogens (tertiary/aromatic N) is 2. The van der Waals surface area contributed by atoms with Crippen LogP contribution in [0.3, 0.4) is 0 Å². The summed E-state index contributed by atoms with van der Waals surface area (Å²) in [6.07, 6.45) is 0. The Hall–Kier alpha value is -1.23. The minimum atomic E-state index is 0.332. The van der Waals surface area contributed by atoms with Crippen LogP contribution in [0.15, 0.2) is 35.7 Å². The predicted octanol–water partition coefficient (Wildman–Crippen LogP) is 2.84. The van der Waals surface area contributed by atoms with Crippen molar-refractivity contribution in [3.8, 4) is 0 Å². The second kappa shape index (κ2) is 6.80. The molecular formula is C15H21N3S. The summed E-state index contributed by atoms with van der Waals surface area (Å²) < 4.78 is 0. The monoisotopic (exact) mass is 275 g/mol. The van der Waals surface area contributed by atoms with Crippen LogP contribution in [0.5, 0.6) is 0 Å². The molecule has 1 aromatic carbocycles. The van der Waals surface area contributed by atoms with E-state index in [-0.39, 0.29) is 0 Å². The normalized spacial score (nSPS) is 12.8. The molecule has 4 heteroatoms. The quantitative estimate of drug-likeness (QED) is 0.878. The lowest BCUT2D eigenvalue weighted by Gasteiger charge is -2.22. The molecule has 0 radical (unpaired) electrons. The van der Waals surface area contributed by atoms with Crippen LogP contribution in [0.4, 0.5) is 0 Å². The highest BCUT2D eigenvalue weighted by Gasteiger charge is 2.12. The number of benzene rings is 1. The van der Waals surface area contributed by atoms with Gasteiger partial charge >= 0.3 is 0 Å². The Labute approximate surface area is 119 Å². The number of nitrogens with one attached hydrogen (secondary N) is 1. The van der Waals surface area contributed by atoms with Crippen molar-refractivity contribution in [2.45, 2.75) is 19.5 Å². The van der Waals surface area contributed by atoms with Gasteiger partial charge in [-0.15, -0.1) is 11.3 Å². The molecule has 0 aliphatic heterocycles. The van der Waals surface area contributed by atoms with Gasteiger partial charge in [-0.2, -0.15) is 0 Å². The zero-order valence-electron chi connectivity index (χ0n) is 11.8. The maximum atomic E-state index is 4.50.